The molecule has 6 nitrogen and oxygen atoms in total. The molecule has 1 heterocycles. The molecule has 6 heteroatoms. The number of hydrogen-bond donors (Lipinski definition) is 2. The van der Waals surface area contributed by atoms with Gasteiger partial charge in [-0.2, -0.15) is 0 Å². The fraction of sp³-hybridized carbons (Fsp3) is 0.615. The molecule has 2 N–H and O–H groups in total. The molecule has 0 spiro atoms. The smallest absolute Gasteiger partial charge is 0.328 e. The number of para-hydroxylation sites is 1. The third-order valence-electron chi connectivity index (χ3n) is 5.84. The summed E-state index contributed by atoms with van der Waals surface area (Å²) in [6, 6.07) is 6.64. The molecule has 2 rings (SSSR count). The van der Waals surface area contributed by atoms with E-state index in [4.69, 9.17) is 4.74 Å². The van der Waals surface area contributed by atoms with Gasteiger partial charge in [-0.15, -0.1) is 0 Å². The first-order chi connectivity index (χ1) is 15.5. The summed E-state index contributed by atoms with van der Waals surface area (Å²) < 4.78 is 6.97. The number of ether oxygens (including phenoxy) is 1. The third kappa shape index (κ3) is 7.09. The van der Waals surface area contributed by atoms with Gasteiger partial charge in [0.15, 0.2) is 5.78 Å². The van der Waals surface area contributed by atoms with Crippen molar-refractivity contribution in [3.05, 3.63) is 29.8 Å². The first kappa shape index (κ1) is 25.9. The predicted molar refractivity (Wildman–Crippen MR) is 130 cm³/mol. The minimum absolute atomic E-state index is 0.148. The van der Waals surface area contributed by atoms with Crippen LogP contribution in [-0.4, -0.2) is 40.7 Å². The van der Waals surface area contributed by atoms with Crippen LogP contribution in [0, 0.1) is 0 Å². The molecule has 1 atom stereocenters. The van der Waals surface area contributed by atoms with Crippen molar-refractivity contribution in [3.63, 3.8) is 0 Å². The largest absolute Gasteiger partial charge is 0.494 e. The molecule has 0 aliphatic heterocycles. The second-order valence-electron chi connectivity index (χ2n) is 8.49. The average Bonchev–Trinajstić information content (AvgIpc) is 3.09. The van der Waals surface area contributed by atoms with Gasteiger partial charge in [0.2, 0.25) is 5.88 Å². The van der Waals surface area contributed by atoms with Gasteiger partial charge < -0.3 is 15.2 Å². The summed E-state index contributed by atoms with van der Waals surface area (Å²) in [4.78, 5) is 25.8. The van der Waals surface area contributed by atoms with Crippen LogP contribution in [0.1, 0.15) is 95.3 Å². The van der Waals surface area contributed by atoms with Crippen LogP contribution in [-0.2, 0) is 4.74 Å². The van der Waals surface area contributed by atoms with Gasteiger partial charge in [-0.05, 0) is 25.8 Å². The van der Waals surface area contributed by atoms with Gasteiger partial charge in [-0.3, -0.25) is 4.79 Å². The van der Waals surface area contributed by atoms with Crippen LogP contribution in [0.25, 0.3) is 10.9 Å². The Balaban J connectivity index is 1.97. The topological polar surface area (TPSA) is 80.6 Å². The lowest BCUT2D eigenvalue weighted by Crippen LogP contribution is -2.29. The molecule has 0 aliphatic carbocycles. The maximum Gasteiger partial charge on any atom is 0.328 e. The summed E-state index contributed by atoms with van der Waals surface area (Å²) in [6.07, 6.45) is 10.7. The minimum atomic E-state index is -0.687. The standard InChI is InChI=1S/C26H40N2O4/c1-4-6-8-9-10-11-12-15-19-32-20(3)24(29)23-21-16-13-14-17-22(21)28(25(23)30)26(31)27-18-7-5-2/h13-14,16-17,20,30H,4-12,15,18-19H2,1-3H3,(H,27,31). The number of fused-ring (bicyclic) bond motifs is 1. The van der Waals surface area contributed by atoms with E-state index in [1.165, 1.54) is 43.1 Å². The van der Waals surface area contributed by atoms with Gasteiger partial charge in [-0.25, -0.2) is 9.36 Å². The van der Waals surface area contributed by atoms with Crippen LogP contribution in [0.4, 0.5) is 4.79 Å². The molecule has 1 amide bonds. The van der Waals surface area contributed by atoms with Crippen molar-refractivity contribution in [3.8, 4) is 5.88 Å². The number of aromatic nitrogens is 1. The summed E-state index contributed by atoms with van der Waals surface area (Å²) in [5, 5.41) is 14.2. The van der Waals surface area contributed by atoms with E-state index < -0.39 is 12.1 Å². The quantitative estimate of drug-likeness (QED) is 0.245. The van der Waals surface area contributed by atoms with Crippen LogP contribution in [0.15, 0.2) is 24.3 Å². The van der Waals surface area contributed by atoms with Crippen molar-refractivity contribution in [1.82, 2.24) is 9.88 Å². The Bertz CT molecular complexity index is 859. The predicted octanol–water partition coefficient (Wildman–Crippen LogP) is 6.43. The highest BCUT2D eigenvalue weighted by Crippen LogP contribution is 2.32. The van der Waals surface area contributed by atoms with Gasteiger partial charge in [0.05, 0.1) is 11.1 Å². The lowest BCUT2D eigenvalue weighted by Gasteiger charge is -2.12. The second kappa shape index (κ2) is 13.9. The summed E-state index contributed by atoms with van der Waals surface area (Å²) in [6.45, 7) is 7.00. The zero-order valence-electron chi connectivity index (χ0n) is 20.0. The van der Waals surface area contributed by atoms with Gasteiger partial charge in [0, 0.05) is 18.5 Å². The molecule has 178 valence electrons. The summed E-state index contributed by atoms with van der Waals surface area (Å²) >= 11 is 0. The molecule has 0 saturated carbocycles. The number of amides is 1. The number of nitrogens with zero attached hydrogens (tertiary/aromatic N) is 1. The maximum absolute atomic E-state index is 13.1. The van der Waals surface area contributed by atoms with Crippen LogP contribution >= 0.6 is 0 Å². The Kier molecular flexibility index (Phi) is 11.3. The van der Waals surface area contributed by atoms with Crippen LogP contribution in [0.3, 0.4) is 0 Å². The van der Waals surface area contributed by atoms with E-state index >= 15 is 0 Å². The molecule has 32 heavy (non-hydrogen) atoms. The molecule has 1 unspecified atom stereocenters. The number of aromatic hydroxyl groups is 1. The Labute approximate surface area is 192 Å². The maximum atomic E-state index is 13.1. The highest BCUT2D eigenvalue weighted by atomic mass is 16.5. The van der Waals surface area contributed by atoms with Crippen molar-refractivity contribution >= 4 is 22.7 Å². The van der Waals surface area contributed by atoms with E-state index in [1.54, 1.807) is 31.2 Å². The molecule has 1 aromatic carbocycles. The Hall–Kier alpha value is -2.34. The van der Waals surface area contributed by atoms with Crippen molar-refractivity contribution < 1.29 is 19.4 Å². The molecular formula is C26H40N2O4. The summed E-state index contributed by atoms with van der Waals surface area (Å²) in [5.74, 6) is -0.633. The minimum Gasteiger partial charge on any atom is -0.494 e. The zero-order valence-corrected chi connectivity index (χ0v) is 20.0. The van der Waals surface area contributed by atoms with Crippen LogP contribution in [0.2, 0.25) is 0 Å². The molecule has 2 aromatic rings. The Morgan fingerprint density at radius 1 is 0.969 bits per heavy atom. The highest BCUT2D eigenvalue weighted by molar-refractivity contribution is 6.14. The Morgan fingerprint density at radius 3 is 2.28 bits per heavy atom. The van der Waals surface area contributed by atoms with E-state index in [0.29, 0.717) is 24.1 Å². The van der Waals surface area contributed by atoms with Crippen molar-refractivity contribution in [1.29, 1.82) is 0 Å². The molecular weight excluding hydrogens is 404 g/mol. The normalized spacial score (nSPS) is 12.2. The lowest BCUT2D eigenvalue weighted by molar-refractivity contribution is 0.0463. The van der Waals surface area contributed by atoms with Gasteiger partial charge >= 0.3 is 6.03 Å². The number of carbonyl (C=O) groups excluding carboxylic acids is 2. The first-order valence-electron chi connectivity index (χ1n) is 12.3. The monoisotopic (exact) mass is 444 g/mol. The number of carbonyl (C=O) groups is 2. The first-order valence-corrected chi connectivity index (χ1v) is 12.3. The van der Waals surface area contributed by atoms with E-state index in [-0.39, 0.29) is 17.2 Å². The summed E-state index contributed by atoms with van der Waals surface area (Å²) in [5.41, 5.74) is 0.660. The van der Waals surface area contributed by atoms with Crippen molar-refractivity contribution in [2.24, 2.45) is 0 Å². The number of hydrogen-bond acceptors (Lipinski definition) is 4. The van der Waals surface area contributed by atoms with Gasteiger partial charge in [0.1, 0.15) is 6.10 Å². The van der Waals surface area contributed by atoms with E-state index in [9.17, 15) is 14.7 Å². The second-order valence-corrected chi connectivity index (χ2v) is 8.49. The van der Waals surface area contributed by atoms with Crippen molar-refractivity contribution in [2.45, 2.75) is 91.1 Å². The summed E-state index contributed by atoms with van der Waals surface area (Å²) in [7, 11) is 0. The van der Waals surface area contributed by atoms with E-state index in [1.807, 2.05) is 6.92 Å². The van der Waals surface area contributed by atoms with Gasteiger partial charge in [-0.1, -0.05) is 83.4 Å². The number of rotatable bonds is 15. The third-order valence-corrected chi connectivity index (χ3v) is 5.84. The fourth-order valence-corrected chi connectivity index (χ4v) is 3.90. The van der Waals surface area contributed by atoms with Crippen molar-refractivity contribution in [2.75, 3.05) is 13.2 Å². The molecule has 0 radical (unpaired) electrons. The fourth-order valence-electron chi connectivity index (χ4n) is 3.90. The zero-order chi connectivity index (χ0) is 23.3. The van der Waals surface area contributed by atoms with Crippen LogP contribution in [0.5, 0.6) is 5.88 Å². The number of unbranched alkanes of at least 4 members (excludes halogenated alkanes) is 8. The SMILES string of the molecule is CCCCCCCCCCOC(C)C(=O)c1c(O)n(C(=O)NCCCC)c2ccccc12. The van der Waals surface area contributed by atoms with E-state index in [0.717, 1.165) is 25.7 Å². The average molecular weight is 445 g/mol. The lowest BCUT2D eigenvalue weighted by atomic mass is 10.1. The number of nitrogens with one attached hydrogen (secondary N) is 1. The molecule has 0 bridgehead atoms. The number of Topliss-reactive ketones (excluding diaryl/α,β-unsaturated/α-hetero) is 1. The van der Waals surface area contributed by atoms with Crippen LogP contribution < -0.4 is 5.32 Å². The molecule has 0 fully saturated rings. The van der Waals surface area contributed by atoms with Gasteiger partial charge in [0.25, 0.3) is 0 Å². The number of benzene rings is 1. The Morgan fingerprint density at radius 2 is 1.59 bits per heavy atom. The molecule has 0 aliphatic rings. The highest BCUT2D eigenvalue weighted by Gasteiger charge is 2.28. The van der Waals surface area contributed by atoms with E-state index in [2.05, 4.69) is 12.2 Å². The number of ketones is 1. The molecule has 1 aromatic heterocycles. The molecule has 0 saturated heterocycles.